The predicted octanol–water partition coefficient (Wildman–Crippen LogP) is 4.45. The number of carbonyl (C=O) groups is 1. The number of halogens is 4. The minimum Gasteiger partial charge on any atom is -0.396 e. The van der Waals surface area contributed by atoms with Crippen LogP contribution in [0.1, 0.15) is 47.2 Å². The molecule has 5 nitrogen and oxygen atoms in total. The van der Waals surface area contributed by atoms with Crippen molar-refractivity contribution < 1.29 is 27.5 Å². The Hall–Kier alpha value is -2.65. The molecule has 2 N–H and O–H groups in total. The first-order chi connectivity index (χ1) is 16.7. The fourth-order valence-electron chi connectivity index (χ4n) is 4.88. The van der Waals surface area contributed by atoms with Crippen molar-refractivity contribution in [2.75, 3.05) is 37.7 Å². The molecule has 0 bridgehead atoms. The highest BCUT2D eigenvalue weighted by Crippen LogP contribution is 2.30. The lowest BCUT2D eigenvalue weighted by Gasteiger charge is -2.34. The van der Waals surface area contributed by atoms with Crippen molar-refractivity contribution >= 4 is 11.6 Å². The molecular weight excluding hydrogens is 462 g/mol. The predicted molar refractivity (Wildman–Crippen MR) is 126 cm³/mol. The molecule has 0 aliphatic carbocycles. The zero-order valence-electron chi connectivity index (χ0n) is 19.5. The molecule has 2 saturated heterocycles. The van der Waals surface area contributed by atoms with Crippen LogP contribution in [0, 0.1) is 11.7 Å². The Balaban J connectivity index is 1.28. The molecule has 4 rings (SSSR count). The fourth-order valence-corrected chi connectivity index (χ4v) is 4.88. The molecule has 1 amide bonds. The summed E-state index contributed by atoms with van der Waals surface area (Å²) in [6.45, 7) is 2.94. The highest BCUT2D eigenvalue weighted by atomic mass is 19.4. The number of piperidine rings is 2. The molecule has 2 aromatic rings. The monoisotopic (exact) mass is 493 g/mol. The maximum Gasteiger partial charge on any atom is 0.416 e. The zero-order chi connectivity index (χ0) is 25.0. The van der Waals surface area contributed by atoms with E-state index in [9.17, 15) is 27.5 Å². The number of nitrogens with zero attached hydrogens (tertiary/aromatic N) is 2. The van der Waals surface area contributed by atoms with Gasteiger partial charge in [-0.25, -0.2) is 4.39 Å². The summed E-state index contributed by atoms with van der Waals surface area (Å²) in [7, 11) is 0. The van der Waals surface area contributed by atoms with Crippen LogP contribution < -0.4 is 10.2 Å². The molecule has 9 heteroatoms. The van der Waals surface area contributed by atoms with Crippen molar-refractivity contribution in [1.29, 1.82) is 0 Å². The average Bonchev–Trinajstić information content (AvgIpc) is 2.87. The van der Waals surface area contributed by atoms with Gasteiger partial charge < -0.3 is 20.2 Å². The van der Waals surface area contributed by atoms with Gasteiger partial charge in [0.25, 0.3) is 5.91 Å². The van der Waals surface area contributed by atoms with Crippen LogP contribution in [0.15, 0.2) is 42.5 Å². The number of alkyl halides is 3. The first kappa shape index (κ1) is 25.4. The lowest BCUT2D eigenvalue weighted by atomic mass is 9.98. The number of anilines is 1. The maximum atomic E-state index is 14.0. The Kier molecular flexibility index (Phi) is 7.96. The van der Waals surface area contributed by atoms with Crippen molar-refractivity contribution in [3.05, 3.63) is 65.0 Å². The molecule has 2 aromatic carbocycles. The van der Waals surface area contributed by atoms with E-state index in [1.807, 2.05) is 29.2 Å². The third-order valence-corrected chi connectivity index (χ3v) is 6.99. The van der Waals surface area contributed by atoms with E-state index in [2.05, 4.69) is 10.2 Å². The number of amides is 1. The van der Waals surface area contributed by atoms with E-state index < -0.39 is 17.6 Å². The second-order valence-electron chi connectivity index (χ2n) is 9.44. The summed E-state index contributed by atoms with van der Waals surface area (Å²) in [5.74, 6) is -0.514. The minimum absolute atomic E-state index is 0.0144. The van der Waals surface area contributed by atoms with Gasteiger partial charge in [0.2, 0.25) is 0 Å². The highest BCUT2D eigenvalue weighted by molar-refractivity contribution is 5.94. The van der Waals surface area contributed by atoms with Crippen LogP contribution in [0.2, 0.25) is 0 Å². The Labute approximate surface area is 202 Å². The number of likely N-dealkylation sites (tertiary alicyclic amines) is 1. The van der Waals surface area contributed by atoms with Crippen LogP contribution in [-0.2, 0) is 12.7 Å². The number of nitrogens with one attached hydrogen (secondary N) is 1. The van der Waals surface area contributed by atoms with Gasteiger partial charge in [0, 0.05) is 62.2 Å². The molecule has 35 heavy (non-hydrogen) atoms. The zero-order valence-corrected chi connectivity index (χ0v) is 19.5. The smallest absolute Gasteiger partial charge is 0.396 e. The molecular formula is C26H31F4N3O2. The Morgan fingerprint density at radius 3 is 2.40 bits per heavy atom. The molecule has 2 heterocycles. The normalized spacial score (nSPS) is 19.7. The quantitative estimate of drug-likeness (QED) is 0.584. The van der Waals surface area contributed by atoms with Crippen molar-refractivity contribution in [3.63, 3.8) is 0 Å². The average molecular weight is 494 g/mol. The van der Waals surface area contributed by atoms with Gasteiger partial charge in [-0.2, -0.15) is 13.2 Å². The first-order valence-corrected chi connectivity index (χ1v) is 12.1. The van der Waals surface area contributed by atoms with E-state index in [0.717, 1.165) is 62.7 Å². The Bertz CT molecular complexity index is 1000. The molecule has 0 aromatic heterocycles. The molecule has 1 atom stereocenters. The fraction of sp³-hybridized carbons (Fsp3) is 0.500. The molecule has 0 radical (unpaired) electrons. The largest absolute Gasteiger partial charge is 0.416 e. The molecule has 2 aliphatic rings. The maximum absolute atomic E-state index is 14.0. The number of benzene rings is 2. The van der Waals surface area contributed by atoms with E-state index in [-0.39, 0.29) is 36.6 Å². The third kappa shape index (κ3) is 6.32. The second kappa shape index (κ2) is 11.0. The van der Waals surface area contributed by atoms with E-state index in [0.29, 0.717) is 18.7 Å². The number of hydrogen-bond acceptors (Lipinski definition) is 4. The SMILES string of the molecule is O=C(c1ccc(N2CCC(NCc3cc(C(F)(F)F)ccc3F)CC2)cc1)N1CCCC(CO)C1. The Morgan fingerprint density at radius 2 is 1.74 bits per heavy atom. The third-order valence-electron chi connectivity index (χ3n) is 6.99. The van der Waals surface area contributed by atoms with Gasteiger partial charge in [-0.3, -0.25) is 4.79 Å². The van der Waals surface area contributed by atoms with Crippen LogP contribution >= 0.6 is 0 Å². The first-order valence-electron chi connectivity index (χ1n) is 12.1. The van der Waals surface area contributed by atoms with Crippen molar-refractivity contribution in [2.24, 2.45) is 5.92 Å². The number of carbonyl (C=O) groups excluding carboxylic acids is 1. The molecule has 0 spiro atoms. The van der Waals surface area contributed by atoms with Gasteiger partial charge >= 0.3 is 6.18 Å². The van der Waals surface area contributed by atoms with Gasteiger partial charge in [0.1, 0.15) is 5.82 Å². The van der Waals surface area contributed by atoms with Gasteiger partial charge in [-0.1, -0.05) is 0 Å². The molecule has 2 aliphatic heterocycles. The minimum atomic E-state index is -4.50. The number of hydrogen-bond donors (Lipinski definition) is 2. The van der Waals surface area contributed by atoms with Gasteiger partial charge in [0.15, 0.2) is 0 Å². The lowest BCUT2D eigenvalue weighted by molar-refractivity contribution is -0.137. The van der Waals surface area contributed by atoms with E-state index >= 15 is 0 Å². The molecule has 2 fully saturated rings. The summed E-state index contributed by atoms with van der Waals surface area (Å²) in [4.78, 5) is 16.8. The topological polar surface area (TPSA) is 55.8 Å². The van der Waals surface area contributed by atoms with Crippen LogP contribution in [0.25, 0.3) is 0 Å². The summed E-state index contributed by atoms with van der Waals surface area (Å²) in [6.07, 6.45) is -1.10. The highest BCUT2D eigenvalue weighted by Gasteiger charge is 2.31. The van der Waals surface area contributed by atoms with Crippen molar-refractivity contribution in [2.45, 2.75) is 44.4 Å². The van der Waals surface area contributed by atoms with Crippen LogP contribution in [0.5, 0.6) is 0 Å². The van der Waals surface area contributed by atoms with Gasteiger partial charge in [0.05, 0.1) is 5.56 Å². The second-order valence-corrected chi connectivity index (χ2v) is 9.44. The summed E-state index contributed by atoms with van der Waals surface area (Å²) < 4.78 is 52.7. The Morgan fingerprint density at radius 1 is 1.03 bits per heavy atom. The molecule has 190 valence electrons. The number of aliphatic hydroxyl groups is 1. The van der Waals surface area contributed by atoms with E-state index in [4.69, 9.17) is 0 Å². The van der Waals surface area contributed by atoms with Crippen LogP contribution in [0.4, 0.5) is 23.2 Å². The van der Waals surface area contributed by atoms with E-state index in [1.54, 1.807) is 0 Å². The van der Waals surface area contributed by atoms with Gasteiger partial charge in [-0.15, -0.1) is 0 Å². The lowest BCUT2D eigenvalue weighted by Crippen LogP contribution is -2.42. The number of rotatable bonds is 6. The summed E-state index contributed by atoms with van der Waals surface area (Å²) >= 11 is 0. The van der Waals surface area contributed by atoms with Crippen LogP contribution in [-0.4, -0.2) is 54.7 Å². The van der Waals surface area contributed by atoms with Gasteiger partial charge in [-0.05, 0) is 74.1 Å². The van der Waals surface area contributed by atoms with Crippen molar-refractivity contribution in [1.82, 2.24) is 10.2 Å². The summed E-state index contributed by atoms with van der Waals surface area (Å²) in [5, 5.41) is 12.6. The van der Waals surface area contributed by atoms with Crippen LogP contribution in [0.3, 0.4) is 0 Å². The number of aliphatic hydroxyl groups excluding tert-OH is 1. The van der Waals surface area contributed by atoms with E-state index in [1.165, 1.54) is 0 Å². The molecule has 0 saturated carbocycles. The summed E-state index contributed by atoms with van der Waals surface area (Å²) in [5.41, 5.74) is 0.810. The molecule has 1 unspecified atom stereocenters. The van der Waals surface area contributed by atoms with Crippen molar-refractivity contribution in [3.8, 4) is 0 Å². The summed E-state index contributed by atoms with van der Waals surface area (Å²) in [6, 6.07) is 10.1. The standard InChI is InChI=1S/C26H31F4N3O2/c27-24-8-5-21(26(28,29)30)14-20(24)15-31-22-9-12-32(13-10-22)23-6-3-19(4-7-23)25(35)33-11-1-2-18(16-33)17-34/h3-8,14,18,22,31,34H,1-2,9-13,15-17H2.